The minimum atomic E-state index is -0.288. The summed E-state index contributed by atoms with van der Waals surface area (Å²) >= 11 is 2.19. The Kier molecular flexibility index (Phi) is 5.11. The number of piperazine rings is 1. The van der Waals surface area contributed by atoms with E-state index in [0.717, 1.165) is 9.13 Å². The summed E-state index contributed by atoms with van der Waals surface area (Å²) in [5, 5.41) is 0. The number of para-hydroxylation sites is 1. The molecule has 0 spiro atoms. The first kappa shape index (κ1) is 18.0. The minimum absolute atomic E-state index is 0.0529. The van der Waals surface area contributed by atoms with Crippen molar-refractivity contribution in [2.24, 2.45) is 0 Å². The molecule has 1 fully saturated rings. The van der Waals surface area contributed by atoms with Crippen molar-refractivity contribution in [3.05, 3.63) is 75.9 Å². The molecule has 4 rings (SSSR count). The van der Waals surface area contributed by atoms with Gasteiger partial charge in [-0.15, -0.1) is 0 Å². The lowest BCUT2D eigenvalue weighted by molar-refractivity contribution is 0.0745. The molecule has 0 saturated carbocycles. The smallest absolute Gasteiger partial charge is 0.255 e. The number of carbonyl (C=O) groups is 1. The SMILES string of the molecule is O=C(c1ccccc1I)N1CCN(c2nccn2-c2ccccc2F)CC1. The highest BCUT2D eigenvalue weighted by Gasteiger charge is 2.25. The zero-order valence-electron chi connectivity index (χ0n) is 14.6. The van der Waals surface area contributed by atoms with E-state index >= 15 is 0 Å². The maximum Gasteiger partial charge on any atom is 0.255 e. The lowest BCUT2D eigenvalue weighted by atomic mass is 10.2. The van der Waals surface area contributed by atoms with Crippen molar-refractivity contribution < 1.29 is 9.18 Å². The molecule has 0 aliphatic carbocycles. The Morgan fingerprint density at radius 3 is 2.44 bits per heavy atom. The van der Waals surface area contributed by atoms with Crippen LogP contribution < -0.4 is 4.90 Å². The van der Waals surface area contributed by atoms with E-state index in [1.165, 1.54) is 6.07 Å². The van der Waals surface area contributed by atoms with Crippen molar-refractivity contribution in [1.82, 2.24) is 14.5 Å². The Labute approximate surface area is 170 Å². The third kappa shape index (κ3) is 3.55. The molecule has 5 nitrogen and oxygen atoms in total. The van der Waals surface area contributed by atoms with E-state index in [9.17, 15) is 9.18 Å². The quantitative estimate of drug-likeness (QED) is 0.543. The summed E-state index contributed by atoms with van der Waals surface area (Å²) in [6.45, 7) is 2.52. The number of carbonyl (C=O) groups excluding carboxylic acids is 1. The normalized spacial score (nSPS) is 14.4. The fourth-order valence-corrected chi connectivity index (χ4v) is 3.90. The second-order valence-electron chi connectivity index (χ2n) is 6.31. The van der Waals surface area contributed by atoms with Crippen LogP contribution in [-0.2, 0) is 0 Å². The zero-order chi connectivity index (χ0) is 18.8. The van der Waals surface area contributed by atoms with Crippen LogP contribution in [0.3, 0.4) is 0 Å². The van der Waals surface area contributed by atoms with E-state index < -0.39 is 0 Å². The van der Waals surface area contributed by atoms with Gasteiger partial charge in [0.2, 0.25) is 5.95 Å². The lowest BCUT2D eigenvalue weighted by Crippen LogP contribution is -2.49. The highest BCUT2D eigenvalue weighted by Crippen LogP contribution is 2.22. The van der Waals surface area contributed by atoms with Crippen LogP contribution in [0.1, 0.15) is 10.4 Å². The van der Waals surface area contributed by atoms with Crippen LogP contribution in [0.15, 0.2) is 60.9 Å². The van der Waals surface area contributed by atoms with Gasteiger partial charge in [-0.1, -0.05) is 24.3 Å². The molecule has 27 heavy (non-hydrogen) atoms. The maximum absolute atomic E-state index is 14.2. The third-order valence-corrected chi connectivity index (χ3v) is 5.63. The average molecular weight is 476 g/mol. The van der Waals surface area contributed by atoms with E-state index in [-0.39, 0.29) is 11.7 Å². The number of rotatable bonds is 3. The monoisotopic (exact) mass is 476 g/mol. The summed E-state index contributed by atoms with van der Waals surface area (Å²) in [6, 6.07) is 14.3. The first-order valence-electron chi connectivity index (χ1n) is 8.72. The predicted octanol–water partition coefficient (Wildman–Crippen LogP) is 3.58. The fourth-order valence-electron chi connectivity index (χ4n) is 3.28. The number of anilines is 1. The summed E-state index contributed by atoms with van der Waals surface area (Å²) in [5.41, 5.74) is 1.21. The minimum Gasteiger partial charge on any atom is -0.338 e. The fraction of sp³-hybridized carbons (Fsp3) is 0.200. The molecule has 1 aliphatic rings. The van der Waals surface area contributed by atoms with Crippen molar-refractivity contribution in [2.75, 3.05) is 31.1 Å². The van der Waals surface area contributed by atoms with E-state index in [2.05, 4.69) is 32.5 Å². The number of imidazole rings is 1. The summed E-state index contributed by atoms with van der Waals surface area (Å²) in [7, 11) is 0. The van der Waals surface area contributed by atoms with Crippen LogP contribution in [-0.4, -0.2) is 46.5 Å². The predicted molar refractivity (Wildman–Crippen MR) is 111 cm³/mol. The molecule has 1 saturated heterocycles. The largest absolute Gasteiger partial charge is 0.338 e. The van der Waals surface area contributed by atoms with Gasteiger partial charge in [-0.25, -0.2) is 9.37 Å². The van der Waals surface area contributed by atoms with Crippen LogP contribution in [0, 0.1) is 9.39 Å². The van der Waals surface area contributed by atoms with Crippen molar-refractivity contribution in [3.63, 3.8) is 0 Å². The van der Waals surface area contributed by atoms with E-state index in [1.54, 1.807) is 35.2 Å². The van der Waals surface area contributed by atoms with Gasteiger partial charge in [0, 0.05) is 42.1 Å². The first-order chi connectivity index (χ1) is 13.1. The van der Waals surface area contributed by atoms with Crippen molar-refractivity contribution in [3.8, 4) is 5.69 Å². The molecule has 2 heterocycles. The van der Waals surface area contributed by atoms with Gasteiger partial charge in [0.05, 0.1) is 11.3 Å². The number of nitrogens with zero attached hydrogens (tertiary/aromatic N) is 4. The van der Waals surface area contributed by atoms with Crippen LogP contribution in [0.2, 0.25) is 0 Å². The van der Waals surface area contributed by atoms with Crippen molar-refractivity contribution >= 4 is 34.4 Å². The van der Waals surface area contributed by atoms with Gasteiger partial charge in [0.1, 0.15) is 5.82 Å². The highest BCUT2D eigenvalue weighted by atomic mass is 127. The van der Waals surface area contributed by atoms with Gasteiger partial charge >= 0.3 is 0 Å². The molecule has 0 radical (unpaired) electrons. The molecule has 1 aromatic heterocycles. The molecular formula is C20H18FIN4O. The Morgan fingerprint density at radius 2 is 1.70 bits per heavy atom. The molecule has 0 unspecified atom stereocenters. The average Bonchev–Trinajstić information content (AvgIpc) is 3.18. The highest BCUT2D eigenvalue weighted by molar-refractivity contribution is 14.1. The molecule has 1 aliphatic heterocycles. The molecule has 3 aromatic rings. The van der Waals surface area contributed by atoms with Crippen molar-refractivity contribution in [1.29, 1.82) is 0 Å². The standard InChI is InChI=1S/C20H18FIN4O/c21-16-6-2-4-8-18(16)26-10-9-23-20(26)25-13-11-24(12-14-25)19(27)15-5-1-3-7-17(15)22/h1-10H,11-14H2. The van der Waals surface area contributed by atoms with Crippen LogP contribution >= 0.6 is 22.6 Å². The Balaban J connectivity index is 1.50. The second-order valence-corrected chi connectivity index (χ2v) is 7.47. The molecule has 1 amide bonds. The summed E-state index contributed by atoms with van der Waals surface area (Å²) in [4.78, 5) is 21.2. The number of hydrogen-bond donors (Lipinski definition) is 0. The summed E-state index contributed by atoms with van der Waals surface area (Å²) in [6.07, 6.45) is 3.43. The number of hydrogen-bond acceptors (Lipinski definition) is 3. The molecular weight excluding hydrogens is 458 g/mol. The zero-order valence-corrected chi connectivity index (χ0v) is 16.7. The van der Waals surface area contributed by atoms with Gasteiger partial charge in [-0.05, 0) is 46.9 Å². The van der Waals surface area contributed by atoms with Crippen LogP contribution in [0.25, 0.3) is 5.69 Å². The number of benzene rings is 2. The van der Waals surface area contributed by atoms with Crippen LogP contribution in [0.4, 0.5) is 10.3 Å². The van der Waals surface area contributed by atoms with Gasteiger partial charge < -0.3 is 9.80 Å². The topological polar surface area (TPSA) is 41.4 Å². The number of amides is 1. The van der Waals surface area contributed by atoms with Crippen molar-refractivity contribution in [2.45, 2.75) is 0 Å². The molecule has 0 atom stereocenters. The van der Waals surface area contributed by atoms with Gasteiger partial charge in [-0.3, -0.25) is 9.36 Å². The lowest BCUT2D eigenvalue weighted by Gasteiger charge is -2.35. The Hall–Kier alpha value is -2.42. The van der Waals surface area contributed by atoms with Gasteiger partial charge in [-0.2, -0.15) is 0 Å². The van der Waals surface area contributed by atoms with E-state index in [4.69, 9.17) is 0 Å². The molecule has 0 N–H and O–H groups in total. The third-order valence-electron chi connectivity index (χ3n) is 4.69. The number of aromatic nitrogens is 2. The maximum atomic E-state index is 14.2. The molecule has 7 heteroatoms. The Bertz CT molecular complexity index is 966. The van der Waals surface area contributed by atoms with Crippen LogP contribution in [0.5, 0.6) is 0 Å². The molecule has 0 bridgehead atoms. The molecule has 2 aromatic carbocycles. The number of halogens is 2. The Morgan fingerprint density at radius 1 is 1.00 bits per heavy atom. The summed E-state index contributed by atoms with van der Waals surface area (Å²) in [5.74, 6) is 0.461. The summed E-state index contributed by atoms with van der Waals surface area (Å²) < 4.78 is 16.9. The molecule has 138 valence electrons. The van der Waals surface area contributed by atoms with E-state index in [0.29, 0.717) is 37.8 Å². The van der Waals surface area contributed by atoms with Gasteiger partial charge in [0.25, 0.3) is 5.91 Å². The first-order valence-corrected chi connectivity index (χ1v) is 9.80. The second kappa shape index (κ2) is 7.67. The van der Waals surface area contributed by atoms with Gasteiger partial charge in [0.15, 0.2) is 0 Å². The van der Waals surface area contributed by atoms with E-state index in [1.807, 2.05) is 29.2 Å².